The molecule has 4 nitrogen and oxygen atoms in total. The molecule has 0 bridgehead atoms. The largest absolute Gasteiger partial charge is 0.362 e. The lowest BCUT2D eigenvalue weighted by molar-refractivity contribution is -0.464. The highest BCUT2D eigenvalue weighted by Crippen LogP contribution is 2.21. The maximum Gasteiger partial charge on any atom is 0.362 e. The fraction of sp³-hybridized carbons (Fsp3) is 0.143. The van der Waals surface area contributed by atoms with Crippen LogP contribution in [0.25, 0.3) is 0 Å². The molecular formula is C7H10ClN4S+. The lowest BCUT2D eigenvalue weighted by atomic mass is 10.3. The van der Waals surface area contributed by atoms with Crippen molar-refractivity contribution in [2.45, 2.75) is 6.92 Å². The van der Waals surface area contributed by atoms with Crippen LogP contribution in [0.4, 0.5) is 0 Å². The molecule has 0 saturated heterocycles. The van der Waals surface area contributed by atoms with Gasteiger partial charge in [-0.25, -0.2) is 0 Å². The molecule has 5 N–H and O–H groups in total. The summed E-state index contributed by atoms with van der Waals surface area (Å²) in [6, 6.07) is 3.70. The lowest BCUT2D eigenvalue weighted by Gasteiger charge is -1.89. The van der Waals surface area contributed by atoms with E-state index in [1.807, 2.05) is 19.1 Å². The van der Waals surface area contributed by atoms with Gasteiger partial charge in [-0.05, 0) is 19.1 Å². The van der Waals surface area contributed by atoms with Crippen LogP contribution in [0.1, 0.15) is 11.8 Å². The number of halogens is 1. The first-order valence-electron chi connectivity index (χ1n) is 3.53. The Morgan fingerprint density at radius 3 is 2.69 bits per heavy atom. The zero-order valence-corrected chi connectivity index (χ0v) is 8.62. The zero-order chi connectivity index (χ0) is 9.84. The number of nitrogens with zero attached hydrogens (tertiary/aromatic N) is 1. The van der Waals surface area contributed by atoms with Gasteiger partial charge in [0.1, 0.15) is 0 Å². The molecule has 0 aromatic carbocycles. The van der Waals surface area contributed by atoms with Crippen LogP contribution >= 0.6 is 22.9 Å². The number of rotatable bonds is 2. The van der Waals surface area contributed by atoms with Gasteiger partial charge in [-0.2, -0.15) is 5.10 Å². The minimum atomic E-state index is 0.0713. The van der Waals surface area contributed by atoms with Crippen LogP contribution in [0.15, 0.2) is 17.2 Å². The van der Waals surface area contributed by atoms with Gasteiger partial charge in [-0.1, -0.05) is 11.6 Å². The van der Waals surface area contributed by atoms with E-state index in [0.717, 1.165) is 14.9 Å². The highest BCUT2D eigenvalue weighted by Gasteiger charge is 2.01. The van der Waals surface area contributed by atoms with Gasteiger partial charge in [0, 0.05) is 0 Å². The van der Waals surface area contributed by atoms with Gasteiger partial charge in [-0.15, -0.1) is 16.4 Å². The minimum absolute atomic E-state index is 0.0713. The molecule has 0 aliphatic rings. The first-order chi connectivity index (χ1) is 6.09. The summed E-state index contributed by atoms with van der Waals surface area (Å²) in [5, 5.41) is 6.42. The fourth-order valence-corrected chi connectivity index (χ4v) is 1.70. The Morgan fingerprint density at radius 1 is 1.54 bits per heavy atom. The molecule has 0 fully saturated rings. The monoisotopic (exact) mass is 217 g/mol. The summed E-state index contributed by atoms with van der Waals surface area (Å²) in [7, 11) is 0. The number of guanidine groups is 1. The molecule has 0 saturated carbocycles. The van der Waals surface area contributed by atoms with Gasteiger partial charge in [0.15, 0.2) is 0 Å². The van der Waals surface area contributed by atoms with E-state index in [4.69, 9.17) is 23.1 Å². The van der Waals surface area contributed by atoms with Crippen molar-refractivity contribution in [3.63, 3.8) is 0 Å². The zero-order valence-electron chi connectivity index (χ0n) is 7.04. The Bertz CT molecular complexity index is 351. The molecule has 1 aromatic rings. The molecule has 6 heteroatoms. The van der Waals surface area contributed by atoms with Crippen molar-refractivity contribution in [2.24, 2.45) is 16.6 Å². The Hall–Kier alpha value is -1.07. The summed E-state index contributed by atoms with van der Waals surface area (Å²) in [6.07, 6.45) is 0. The highest BCUT2D eigenvalue weighted by molar-refractivity contribution is 7.18. The summed E-state index contributed by atoms with van der Waals surface area (Å²) >= 11 is 7.21. The van der Waals surface area contributed by atoms with Crippen LogP contribution in [0, 0.1) is 0 Å². The van der Waals surface area contributed by atoms with E-state index in [-0.39, 0.29) is 5.96 Å². The van der Waals surface area contributed by atoms with E-state index in [1.165, 1.54) is 11.3 Å². The number of thiophene rings is 1. The predicted molar refractivity (Wildman–Crippen MR) is 55.9 cm³/mol. The summed E-state index contributed by atoms with van der Waals surface area (Å²) in [5.41, 5.74) is 11.2. The van der Waals surface area contributed by atoms with Crippen LogP contribution in [0.3, 0.4) is 0 Å². The molecule has 1 rings (SSSR count). The summed E-state index contributed by atoms with van der Waals surface area (Å²) in [5.74, 6) is 0.0713. The molecule has 0 atom stereocenters. The maximum atomic E-state index is 5.76. The number of nitrogens with two attached hydrogens (primary N) is 2. The summed E-state index contributed by atoms with van der Waals surface area (Å²) in [4.78, 5) is 0.985. The second kappa shape index (κ2) is 4.25. The molecule has 0 amide bonds. The molecular weight excluding hydrogens is 208 g/mol. The number of nitrogens with one attached hydrogen (secondary N) is 1. The van der Waals surface area contributed by atoms with E-state index in [9.17, 15) is 0 Å². The van der Waals surface area contributed by atoms with E-state index in [2.05, 4.69) is 10.2 Å². The van der Waals surface area contributed by atoms with Crippen LogP contribution in [-0.2, 0) is 0 Å². The summed E-state index contributed by atoms with van der Waals surface area (Å²) in [6.45, 7) is 1.85. The SMILES string of the molecule is C/C(=N/[NH+]=C(N)N)c1ccc(Cl)s1. The lowest BCUT2D eigenvalue weighted by Crippen LogP contribution is -2.72. The molecule has 70 valence electrons. The molecule has 1 aromatic heterocycles. The Balaban J connectivity index is 2.85. The van der Waals surface area contributed by atoms with Gasteiger partial charge < -0.3 is 0 Å². The minimum Gasteiger partial charge on any atom is -0.289 e. The molecule has 0 radical (unpaired) electrons. The molecule has 0 aliphatic heterocycles. The van der Waals surface area contributed by atoms with Crippen molar-refractivity contribution < 1.29 is 5.10 Å². The molecule has 0 spiro atoms. The molecule has 0 unspecified atom stereocenters. The third kappa shape index (κ3) is 3.04. The number of hydrogen-bond acceptors (Lipinski definition) is 2. The van der Waals surface area contributed by atoms with Gasteiger partial charge in [0.25, 0.3) is 0 Å². The Labute approximate surface area is 84.9 Å². The topological polar surface area (TPSA) is 78.4 Å². The van der Waals surface area contributed by atoms with E-state index in [1.54, 1.807) is 0 Å². The van der Waals surface area contributed by atoms with E-state index >= 15 is 0 Å². The standard InChI is InChI=1S/C7H9ClN4S/c1-4(11-12-7(9)10)5-2-3-6(8)13-5/h2-3H,1H3,(H4,9,10,12)/p+1/b11-4-. The fourth-order valence-electron chi connectivity index (χ4n) is 0.712. The maximum absolute atomic E-state index is 5.76. The van der Waals surface area contributed by atoms with Crippen LogP contribution < -0.4 is 16.6 Å². The van der Waals surface area contributed by atoms with E-state index < -0.39 is 0 Å². The van der Waals surface area contributed by atoms with E-state index in [0.29, 0.717) is 0 Å². The van der Waals surface area contributed by atoms with Crippen molar-refractivity contribution in [3.8, 4) is 0 Å². The second-order valence-electron chi connectivity index (χ2n) is 2.37. The molecule has 13 heavy (non-hydrogen) atoms. The first kappa shape index (κ1) is 10.0. The third-order valence-electron chi connectivity index (χ3n) is 1.28. The van der Waals surface area contributed by atoms with Crippen LogP contribution in [-0.4, -0.2) is 11.7 Å². The Kier molecular flexibility index (Phi) is 3.27. The van der Waals surface area contributed by atoms with Gasteiger partial charge in [0.05, 0.1) is 14.9 Å². The third-order valence-corrected chi connectivity index (χ3v) is 2.62. The van der Waals surface area contributed by atoms with Crippen molar-refractivity contribution in [1.82, 2.24) is 0 Å². The van der Waals surface area contributed by atoms with Gasteiger partial charge in [0.2, 0.25) is 0 Å². The number of hydrazone groups is 1. The highest BCUT2D eigenvalue weighted by atomic mass is 35.5. The van der Waals surface area contributed by atoms with Crippen molar-refractivity contribution in [2.75, 3.05) is 0 Å². The quantitative estimate of drug-likeness (QED) is 0.354. The first-order valence-corrected chi connectivity index (χ1v) is 4.73. The average molecular weight is 218 g/mol. The molecule has 0 aliphatic carbocycles. The normalized spacial score (nSPS) is 11.4. The number of hydrogen-bond donors (Lipinski definition) is 3. The molecule has 1 heterocycles. The van der Waals surface area contributed by atoms with Crippen LogP contribution in [0.5, 0.6) is 0 Å². The van der Waals surface area contributed by atoms with Crippen LogP contribution in [0.2, 0.25) is 4.34 Å². The van der Waals surface area contributed by atoms with Gasteiger partial charge >= 0.3 is 5.96 Å². The van der Waals surface area contributed by atoms with Crippen molar-refractivity contribution >= 4 is 34.6 Å². The second-order valence-corrected chi connectivity index (χ2v) is 4.08. The Morgan fingerprint density at radius 2 is 2.23 bits per heavy atom. The van der Waals surface area contributed by atoms with Crippen molar-refractivity contribution in [3.05, 3.63) is 21.3 Å². The van der Waals surface area contributed by atoms with Crippen molar-refractivity contribution in [1.29, 1.82) is 0 Å². The van der Waals surface area contributed by atoms with Gasteiger partial charge in [-0.3, -0.25) is 11.5 Å². The summed E-state index contributed by atoms with van der Waals surface area (Å²) < 4.78 is 0.731. The average Bonchev–Trinajstić information content (AvgIpc) is 2.47. The smallest absolute Gasteiger partial charge is 0.289 e. The predicted octanol–water partition coefficient (Wildman–Crippen LogP) is -0.521.